The zero-order valence-electron chi connectivity index (χ0n) is 5.17. The first-order valence-electron chi connectivity index (χ1n) is 2.39. The minimum atomic E-state index is -0.167. The van der Waals surface area contributed by atoms with Crippen molar-refractivity contribution in [2.45, 2.75) is 13.0 Å². The summed E-state index contributed by atoms with van der Waals surface area (Å²) < 4.78 is 0. The van der Waals surface area contributed by atoms with Gasteiger partial charge < -0.3 is 0 Å². The smallest absolute Gasteiger partial charge is 0.0533 e. The highest BCUT2D eigenvalue weighted by atomic mass is 13.0. The molecule has 0 aromatic carbocycles. The Bertz CT molecular complexity index is 23.0. The van der Waals surface area contributed by atoms with E-state index in [4.69, 9.17) is 31.1 Å². The molecule has 0 aromatic rings. The Hall–Kier alpha value is 0.390. The third-order valence-corrected chi connectivity index (χ3v) is 0.136. The summed E-state index contributed by atoms with van der Waals surface area (Å²) in [6.07, 6.45) is 0.472. The first kappa shape index (κ1) is 11.2. The minimum Gasteiger partial charge on any atom is -0.122 e. The van der Waals surface area contributed by atoms with Crippen LogP contribution in [-0.2, 0) is 0 Å². The van der Waals surface area contributed by atoms with Crippen LogP contribution in [-0.4, -0.2) is 44.7 Å². The molecule has 0 aromatic heterocycles. The van der Waals surface area contributed by atoms with Crippen LogP contribution in [0.25, 0.3) is 0 Å². The fourth-order valence-electron chi connectivity index (χ4n) is 0. The Morgan fingerprint density at radius 3 is 1.62 bits per heavy atom. The number of hydrogen-bond donors (Lipinski definition) is 0. The van der Waals surface area contributed by atoms with Gasteiger partial charge in [-0.3, -0.25) is 0 Å². The molecule has 0 spiro atoms. The van der Waals surface area contributed by atoms with Crippen molar-refractivity contribution in [2.24, 2.45) is 0 Å². The highest BCUT2D eigenvalue weighted by Crippen LogP contribution is 1.50. The molecule has 8 heavy (non-hydrogen) atoms. The average molecular weight is 93.9 g/mol. The summed E-state index contributed by atoms with van der Waals surface area (Å²) in [4.78, 5) is 0. The maximum atomic E-state index is 4.89. The lowest BCUT2D eigenvalue weighted by molar-refractivity contribution is 2.12. The number of hydrogen-bond acceptors (Lipinski definition) is 0. The highest BCUT2D eigenvalue weighted by molar-refractivity contribution is 7.28. The van der Waals surface area contributed by atoms with Crippen LogP contribution in [0.5, 0.6) is 0 Å². The molecule has 0 N–H and O–H groups in total. The van der Waals surface area contributed by atoms with E-state index in [9.17, 15) is 0 Å². The second kappa shape index (κ2) is 10.4. The topological polar surface area (TPSA) is 0 Å². The molecule has 6 heteroatoms. The lowest BCUT2D eigenvalue weighted by Crippen LogP contribution is -2.03. The second-order valence-corrected chi connectivity index (χ2v) is 1.33. The highest BCUT2D eigenvalue weighted by Gasteiger charge is 1.74. The first-order valence-corrected chi connectivity index (χ1v) is 2.39. The molecule has 0 saturated carbocycles. The van der Waals surface area contributed by atoms with E-state index in [-0.39, 0.29) is 6.49 Å². The molecule has 0 atom stereocenters. The van der Waals surface area contributed by atoms with Crippen LogP contribution in [0.4, 0.5) is 0 Å². The van der Waals surface area contributed by atoms with Gasteiger partial charge >= 0.3 is 0 Å². The van der Waals surface area contributed by atoms with Gasteiger partial charge in [0.2, 0.25) is 0 Å². The maximum Gasteiger partial charge on any atom is 0.0533 e. The van der Waals surface area contributed by atoms with Crippen molar-refractivity contribution in [1.82, 2.24) is 0 Å². The van der Waals surface area contributed by atoms with Gasteiger partial charge in [0.15, 0.2) is 0 Å². The summed E-state index contributed by atoms with van der Waals surface area (Å²) >= 11 is 0. The molecule has 0 saturated heterocycles. The van der Waals surface area contributed by atoms with Crippen LogP contribution in [0.3, 0.4) is 0 Å². The lowest BCUT2D eigenvalue weighted by Gasteiger charge is -1.72. The molecule has 0 rings (SSSR count). The van der Waals surface area contributed by atoms with Crippen LogP contribution in [0.2, 0.25) is 13.0 Å². The van der Waals surface area contributed by atoms with Crippen molar-refractivity contribution >= 4 is 44.7 Å². The summed E-state index contributed by atoms with van der Waals surface area (Å²) in [5, 5.41) is 0. The standard InChI is InChI=1S/CH3B3.CH2B3/c1-4(2)3;2-1-4-3/h1H3;1H2. The normalized spacial score (nSPS) is 6.12. The van der Waals surface area contributed by atoms with Crippen LogP contribution < -0.4 is 0 Å². The molecule has 0 unspecified atom stereocenters. The van der Waals surface area contributed by atoms with Gasteiger partial charge in [-0.1, -0.05) is 0 Å². The molecular weight excluding hydrogens is 88.9 g/mol. The largest absolute Gasteiger partial charge is 0.122 e. The first-order chi connectivity index (χ1) is 3.65. The van der Waals surface area contributed by atoms with Gasteiger partial charge in [0.25, 0.3) is 0 Å². The van der Waals surface area contributed by atoms with Crippen LogP contribution in [0, 0.1) is 0 Å². The van der Waals surface area contributed by atoms with Crippen LogP contribution >= 0.6 is 0 Å². The fourth-order valence-corrected chi connectivity index (χ4v) is 0. The van der Waals surface area contributed by atoms with Gasteiger partial charge in [0, 0.05) is 36.9 Å². The summed E-state index contributed by atoms with van der Waals surface area (Å²) in [6, 6.07) is 0. The third-order valence-electron chi connectivity index (χ3n) is 0.136. The maximum absolute atomic E-state index is 4.89. The Morgan fingerprint density at radius 1 is 1.50 bits per heavy atom. The molecule has 0 nitrogen and oxygen atoms in total. The Kier molecular flexibility index (Phi) is 14.6. The van der Waals surface area contributed by atoms with Gasteiger partial charge in [-0.25, -0.2) is 0 Å². The van der Waals surface area contributed by atoms with Crippen molar-refractivity contribution in [1.29, 1.82) is 0 Å². The van der Waals surface area contributed by atoms with Gasteiger partial charge in [-0.05, 0) is 0 Å². The van der Waals surface area contributed by atoms with E-state index in [1.54, 1.807) is 6.82 Å². The average Bonchev–Trinajstić information content (AvgIpc) is 1.65. The van der Waals surface area contributed by atoms with E-state index in [1.807, 2.05) is 0 Å². The zero-order valence-corrected chi connectivity index (χ0v) is 5.17. The van der Waals surface area contributed by atoms with Gasteiger partial charge in [0.05, 0.1) is 7.85 Å². The summed E-state index contributed by atoms with van der Waals surface area (Å²) in [5.74, 6) is 0. The van der Waals surface area contributed by atoms with E-state index in [2.05, 4.69) is 0 Å². The predicted molar refractivity (Wildman–Crippen MR) is 45.2 cm³/mol. The Balaban J connectivity index is 0. The van der Waals surface area contributed by atoms with Crippen LogP contribution in [0.1, 0.15) is 0 Å². The van der Waals surface area contributed by atoms with E-state index in [1.165, 1.54) is 7.17 Å². The van der Waals surface area contributed by atoms with Crippen molar-refractivity contribution in [3.63, 3.8) is 0 Å². The van der Waals surface area contributed by atoms with Crippen molar-refractivity contribution in [2.75, 3.05) is 0 Å². The molecule has 0 aliphatic carbocycles. The predicted octanol–water partition coefficient (Wildman–Crippen LogP) is -1.24. The van der Waals surface area contributed by atoms with Gasteiger partial charge in [0.1, 0.15) is 0 Å². The molecule has 0 bridgehead atoms. The van der Waals surface area contributed by atoms with E-state index in [0.29, 0.717) is 6.22 Å². The molecular formula is C2H5B6. The summed E-state index contributed by atoms with van der Waals surface area (Å²) in [7, 11) is 20.8. The minimum absolute atomic E-state index is 0.167. The molecule has 0 aliphatic rings. The molecule has 0 fully saturated rings. The molecule has 31 valence electrons. The zero-order chi connectivity index (χ0) is 6.99. The SMILES string of the molecule is [B]B([B])C.[B][B]C[B]. The summed E-state index contributed by atoms with van der Waals surface area (Å²) in [6.45, 7) is 1.56. The van der Waals surface area contributed by atoms with Gasteiger partial charge in [-0.2, -0.15) is 0 Å². The molecule has 0 amide bonds. The quantitative estimate of drug-likeness (QED) is 0.356. The molecule has 0 heterocycles. The fraction of sp³-hybridized carbons (Fsp3) is 1.00. The molecule has 0 aliphatic heterocycles. The second-order valence-electron chi connectivity index (χ2n) is 1.33. The van der Waals surface area contributed by atoms with Crippen molar-refractivity contribution in [3.05, 3.63) is 0 Å². The van der Waals surface area contributed by atoms with E-state index >= 15 is 0 Å². The number of rotatable bonds is 1. The monoisotopic (exact) mass is 95.1 g/mol. The van der Waals surface area contributed by atoms with Crippen molar-refractivity contribution < 1.29 is 0 Å². The van der Waals surface area contributed by atoms with Gasteiger partial charge in [-0.15, -0.1) is 13.0 Å². The summed E-state index contributed by atoms with van der Waals surface area (Å²) in [5.41, 5.74) is 0. The third kappa shape index (κ3) is 96.1. The van der Waals surface area contributed by atoms with Crippen LogP contribution in [0.15, 0.2) is 0 Å². The Labute approximate surface area is 58.5 Å². The lowest BCUT2D eigenvalue weighted by atomic mass is 9.21. The Morgan fingerprint density at radius 2 is 1.62 bits per heavy atom. The molecule has 9 radical (unpaired) electrons. The van der Waals surface area contributed by atoms with E-state index < -0.39 is 0 Å². The van der Waals surface area contributed by atoms with E-state index in [0.717, 1.165) is 0 Å². The van der Waals surface area contributed by atoms with Crippen molar-refractivity contribution in [3.8, 4) is 0 Å².